The first-order chi connectivity index (χ1) is 23.1. The summed E-state index contributed by atoms with van der Waals surface area (Å²) >= 11 is 0. The number of rotatable bonds is 16. The van der Waals surface area contributed by atoms with Gasteiger partial charge in [0.1, 0.15) is 30.2 Å². The van der Waals surface area contributed by atoms with Gasteiger partial charge in [-0.15, -0.1) is 0 Å². The summed E-state index contributed by atoms with van der Waals surface area (Å²) in [4.78, 5) is 104. The highest BCUT2D eigenvalue weighted by molar-refractivity contribution is 5.98. The monoisotopic (exact) mass is 688 g/mol. The standard InChI is InChI=1S/C32H44N6O11/c1-17(2)26(36-27(43)19(33)15-24(39)40)29(45)35-21(16-25(41)42)31(47)37-12-6-10-22(37)28(44)34-20(14-18-8-4-3-5-9-18)30(46)38-13-7-11-23(38)32(48)49/h3-5,8-9,17,19-23,26H,6-7,10-16,33H2,1-2H3,(H,34,44)(H,35,45)(H,36,43)(H,39,40)(H,41,42)(H,48,49). The van der Waals surface area contributed by atoms with E-state index in [9.17, 15) is 48.6 Å². The number of hydrogen-bond acceptors (Lipinski definition) is 9. The fourth-order valence-corrected chi connectivity index (χ4v) is 6.02. The Balaban J connectivity index is 1.80. The third-order valence-corrected chi connectivity index (χ3v) is 8.53. The van der Waals surface area contributed by atoms with Crippen LogP contribution in [0.1, 0.15) is 57.9 Å². The van der Waals surface area contributed by atoms with E-state index in [-0.39, 0.29) is 32.4 Å². The van der Waals surface area contributed by atoms with Crippen LogP contribution in [0.15, 0.2) is 30.3 Å². The van der Waals surface area contributed by atoms with Gasteiger partial charge in [0.25, 0.3) is 0 Å². The number of carboxylic acids is 3. The third kappa shape index (κ3) is 10.5. The van der Waals surface area contributed by atoms with Crippen LogP contribution in [0.3, 0.4) is 0 Å². The van der Waals surface area contributed by atoms with Gasteiger partial charge >= 0.3 is 17.9 Å². The van der Waals surface area contributed by atoms with Crippen LogP contribution in [0, 0.1) is 5.92 Å². The van der Waals surface area contributed by atoms with Crippen molar-refractivity contribution in [2.24, 2.45) is 11.7 Å². The van der Waals surface area contributed by atoms with Crippen molar-refractivity contribution in [1.29, 1.82) is 0 Å². The Hall–Kier alpha value is -5.06. The van der Waals surface area contributed by atoms with E-state index in [1.54, 1.807) is 44.2 Å². The van der Waals surface area contributed by atoms with Crippen LogP contribution < -0.4 is 21.7 Å². The van der Waals surface area contributed by atoms with Crippen molar-refractivity contribution in [1.82, 2.24) is 25.8 Å². The first kappa shape index (κ1) is 38.4. The van der Waals surface area contributed by atoms with Gasteiger partial charge in [0, 0.05) is 19.5 Å². The minimum atomic E-state index is -1.65. The number of likely N-dealkylation sites (tertiary alicyclic amines) is 2. The molecule has 8 N–H and O–H groups in total. The number of carbonyl (C=O) groups is 8. The zero-order chi connectivity index (χ0) is 36.4. The second-order valence-corrected chi connectivity index (χ2v) is 12.6. The second kappa shape index (κ2) is 17.4. The van der Waals surface area contributed by atoms with Gasteiger partial charge in [-0.2, -0.15) is 0 Å². The third-order valence-electron chi connectivity index (χ3n) is 8.53. The molecule has 2 fully saturated rings. The Labute approximate surface area is 282 Å². The summed E-state index contributed by atoms with van der Waals surface area (Å²) in [6, 6.07) is 1.03. The minimum Gasteiger partial charge on any atom is -0.481 e. The van der Waals surface area contributed by atoms with Crippen LogP contribution in [-0.2, 0) is 44.8 Å². The predicted octanol–water partition coefficient (Wildman–Crippen LogP) is -1.32. The molecule has 1 aromatic carbocycles. The van der Waals surface area contributed by atoms with Crippen LogP contribution >= 0.6 is 0 Å². The second-order valence-electron chi connectivity index (χ2n) is 12.6. The fourth-order valence-electron chi connectivity index (χ4n) is 6.02. The molecule has 0 aromatic heterocycles. The molecule has 1 aromatic rings. The molecule has 6 atom stereocenters. The molecule has 0 bridgehead atoms. The summed E-state index contributed by atoms with van der Waals surface area (Å²) in [5.41, 5.74) is 6.31. The van der Waals surface area contributed by atoms with Gasteiger partial charge in [-0.05, 0) is 37.2 Å². The molecule has 2 heterocycles. The molecule has 17 nitrogen and oxygen atoms in total. The van der Waals surface area contributed by atoms with Gasteiger partial charge in [-0.3, -0.25) is 33.6 Å². The zero-order valence-corrected chi connectivity index (χ0v) is 27.4. The molecule has 5 amide bonds. The van der Waals surface area contributed by atoms with Gasteiger partial charge in [0.2, 0.25) is 29.5 Å². The van der Waals surface area contributed by atoms with Crippen molar-refractivity contribution < 1.29 is 53.7 Å². The van der Waals surface area contributed by atoms with E-state index in [1.165, 1.54) is 4.90 Å². The molecule has 0 aliphatic carbocycles. The predicted molar refractivity (Wildman–Crippen MR) is 170 cm³/mol. The maximum atomic E-state index is 13.8. The number of amides is 5. The molecule has 3 rings (SSSR count). The highest BCUT2D eigenvalue weighted by Gasteiger charge is 2.42. The van der Waals surface area contributed by atoms with Gasteiger partial charge in [-0.25, -0.2) is 4.79 Å². The Bertz CT molecular complexity index is 1420. The molecule has 0 spiro atoms. The lowest BCUT2D eigenvalue weighted by molar-refractivity contribution is -0.150. The smallest absolute Gasteiger partial charge is 0.326 e. The summed E-state index contributed by atoms with van der Waals surface area (Å²) in [6.07, 6.45) is -0.234. The summed E-state index contributed by atoms with van der Waals surface area (Å²) in [7, 11) is 0. The Morgan fingerprint density at radius 3 is 1.86 bits per heavy atom. The first-order valence-electron chi connectivity index (χ1n) is 16.1. The number of nitrogens with one attached hydrogen (secondary N) is 3. The Morgan fingerprint density at radius 1 is 0.755 bits per heavy atom. The van der Waals surface area contributed by atoms with E-state index >= 15 is 0 Å². The topological polar surface area (TPSA) is 266 Å². The number of nitrogens with two attached hydrogens (primary N) is 1. The lowest BCUT2D eigenvalue weighted by Gasteiger charge is -2.32. The van der Waals surface area contributed by atoms with Crippen LogP contribution in [0.25, 0.3) is 0 Å². The molecular formula is C32H44N6O11. The van der Waals surface area contributed by atoms with Crippen molar-refractivity contribution in [2.45, 2.75) is 95.0 Å². The van der Waals surface area contributed by atoms with Crippen LogP contribution in [0.4, 0.5) is 0 Å². The fraction of sp³-hybridized carbons (Fsp3) is 0.562. The van der Waals surface area contributed by atoms with Gasteiger partial charge in [-0.1, -0.05) is 44.2 Å². The summed E-state index contributed by atoms with van der Waals surface area (Å²) in [5.74, 6) is -8.51. The SMILES string of the molecule is CC(C)C(NC(=O)C(N)CC(=O)O)C(=O)NC(CC(=O)O)C(=O)N1CCCC1C(=O)NC(Cc1ccccc1)C(=O)N1CCCC1C(=O)O. The number of benzene rings is 1. The van der Waals surface area contributed by atoms with Gasteiger partial charge in [0.15, 0.2) is 0 Å². The van der Waals surface area contributed by atoms with E-state index < -0.39 is 102 Å². The summed E-state index contributed by atoms with van der Waals surface area (Å²) in [6.45, 7) is 3.37. The Morgan fingerprint density at radius 2 is 1.31 bits per heavy atom. The summed E-state index contributed by atoms with van der Waals surface area (Å²) in [5, 5.41) is 35.6. The highest BCUT2D eigenvalue weighted by atomic mass is 16.4. The van der Waals surface area contributed by atoms with Crippen molar-refractivity contribution in [3.05, 3.63) is 35.9 Å². The van der Waals surface area contributed by atoms with Gasteiger partial charge < -0.3 is 46.8 Å². The van der Waals surface area contributed by atoms with Crippen LogP contribution in [0.2, 0.25) is 0 Å². The van der Waals surface area contributed by atoms with Crippen molar-refractivity contribution in [3.63, 3.8) is 0 Å². The molecule has 49 heavy (non-hydrogen) atoms. The number of nitrogens with zero attached hydrogens (tertiary/aromatic N) is 2. The van der Waals surface area contributed by atoms with E-state index in [4.69, 9.17) is 10.8 Å². The zero-order valence-electron chi connectivity index (χ0n) is 27.4. The average molecular weight is 689 g/mol. The quantitative estimate of drug-likeness (QED) is 0.107. The Kier molecular flexibility index (Phi) is 13.6. The maximum Gasteiger partial charge on any atom is 0.326 e. The molecule has 6 unspecified atom stereocenters. The maximum absolute atomic E-state index is 13.8. The van der Waals surface area contributed by atoms with Gasteiger partial charge in [0.05, 0.1) is 18.9 Å². The minimum absolute atomic E-state index is 0.0435. The van der Waals surface area contributed by atoms with E-state index in [0.717, 1.165) is 4.90 Å². The average Bonchev–Trinajstić information content (AvgIpc) is 3.73. The number of carbonyl (C=O) groups excluding carboxylic acids is 5. The molecule has 2 aliphatic rings. The molecule has 2 saturated heterocycles. The van der Waals surface area contributed by atoms with Crippen LogP contribution in [-0.4, -0.2) is 122 Å². The van der Waals surface area contributed by atoms with Crippen molar-refractivity contribution >= 4 is 47.4 Å². The summed E-state index contributed by atoms with van der Waals surface area (Å²) < 4.78 is 0. The lowest BCUT2D eigenvalue weighted by Crippen LogP contribution is -2.60. The largest absolute Gasteiger partial charge is 0.481 e. The van der Waals surface area contributed by atoms with Crippen molar-refractivity contribution in [3.8, 4) is 0 Å². The molecule has 268 valence electrons. The molecule has 0 saturated carbocycles. The van der Waals surface area contributed by atoms with E-state index in [2.05, 4.69) is 16.0 Å². The normalized spacial score (nSPS) is 19.8. The lowest BCUT2D eigenvalue weighted by atomic mass is 10.0. The molecule has 0 radical (unpaired) electrons. The van der Waals surface area contributed by atoms with Crippen molar-refractivity contribution in [2.75, 3.05) is 13.1 Å². The number of aliphatic carboxylic acids is 3. The number of hydrogen-bond donors (Lipinski definition) is 7. The molecular weight excluding hydrogens is 644 g/mol. The first-order valence-corrected chi connectivity index (χ1v) is 16.1. The molecule has 2 aliphatic heterocycles. The van der Waals surface area contributed by atoms with Crippen LogP contribution in [0.5, 0.6) is 0 Å². The number of carboxylic acid groups (broad SMARTS) is 3. The van der Waals surface area contributed by atoms with E-state index in [1.807, 2.05) is 0 Å². The highest BCUT2D eigenvalue weighted by Crippen LogP contribution is 2.22. The molecule has 17 heteroatoms. The van der Waals surface area contributed by atoms with E-state index in [0.29, 0.717) is 18.4 Å².